The van der Waals surface area contributed by atoms with Crippen molar-refractivity contribution in [1.82, 2.24) is 10.3 Å². The number of nitrogens with two attached hydrogens (primary N) is 2. The fourth-order valence-electron chi connectivity index (χ4n) is 0.509. The predicted molar refractivity (Wildman–Crippen MR) is 42.3 cm³/mol. The summed E-state index contributed by atoms with van der Waals surface area (Å²) in [5, 5.41) is 3.35. The van der Waals surface area contributed by atoms with Crippen molar-refractivity contribution >= 4 is 12.2 Å². The molecule has 0 aliphatic carbocycles. The van der Waals surface area contributed by atoms with Gasteiger partial charge in [0.25, 0.3) is 0 Å². The van der Waals surface area contributed by atoms with Crippen molar-refractivity contribution in [3.63, 3.8) is 0 Å². The van der Waals surface area contributed by atoms with Gasteiger partial charge in [-0.15, -0.1) is 0 Å². The van der Waals surface area contributed by atoms with Crippen LogP contribution < -0.4 is 17.1 Å². The highest BCUT2D eigenvalue weighted by Crippen LogP contribution is 1.83. The molecule has 0 saturated carbocycles. The molecule has 0 aromatic heterocycles. The molecule has 0 aliphatic heterocycles. The van der Waals surface area contributed by atoms with Crippen molar-refractivity contribution in [2.24, 2.45) is 16.8 Å². The zero-order chi connectivity index (χ0) is 8.69. The zero-order valence-corrected chi connectivity index (χ0v) is 6.45. The number of hydrogen-bond donors (Lipinski definition) is 3. The van der Waals surface area contributed by atoms with Crippen LogP contribution in [0.2, 0.25) is 0 Å². The molecule has 0 rings (SSSR count). The van der Waals surface area contributed by atoms with Crippen LogP contribution in [0.1, 0.15) is 6.42 Å². The number of amides is 1. The molecule has 0 fully saturated rings. The van der Waals surface area contributed by atoms with Crippen LogP contribution in [0.15, 0.2) is 5.10 Å². The number of carbonyl (C=O) groups excluding carboxylic acids is 1. The molecule has 0 bridgehead atoms. The third-order valence-corrected chi connectivity index (χ3v) is 1.20. The highest BCUT2D eigenvalue weighted by atomic mass is 16.1. The molecule has 0 aliphatic rings. The average molecular weight is 159 g/mol. The van der Waals surface area contributed by atoms with Crippen LogP contribution in [-0.2, 0) is 4.79 Å². The smallest absolute Gasteiger partial charge is 0.209 e. The number of nitrogens with one attached hydrogen (secondary N) is 1. The fraction of sp³-hybridized carbons (Fsp3) is 0.600. The Morgan fingerprint density at radius 2 is 2.45 bits per heavy atom. The predicted octanol–water partition coefficient (Wildman–Crippen LogP) is -1.80. The van der Waals surface area contributed by atoms with Crippen molar-refractivity contribution in [3.8, 4) is 0 Å². The van der Waals surface area contributed by atoms with Gasteiger partial charge in [0.05, 0.1) is 0 Å². The van der Waals surface area contributed by atoms with Gasteiger partial charge in [0.15, 0.2) is 0 Å². The topological polar surface area (TPSA) is 96.7 Å². The van der Waals surface area contributed by atoms with Crippen molar-refractivity contribution in [3.05, 3.63) is 0 Å². The fourth-order valence-corrected chi connectivity index (χ4v) is 0.509. The van der Waals surface area contributed by atoms with E-state index in [-0.39, 0.29) is 0 Å². The average Bonchev–Trinajstić information content (AvgIpc) is 2.06. The summed E-state index contributed by atoms with van der Waals surface area (Å²) in [4.78, 5) is 11.6. The Balaban J connectivity index is 3.59. The Labute approximate surface area is 65.2 Å². The van der Waals surface area contributed by atoms with Gasteiger partial charge >= 0.3 is 0 Å². The number of hydrazone groups is 1. The lowest BCUT2D eigenvalue weighted by Gasteiger charge is -2.10. The number of carbonyl (C=O) groups is 1. The minimum atomic E-state index is 0.471. The van der Waals surface area contributed by atoms with E-state index < -0.39 is 0 Å². The van der Waals surface area contributed by atoms with E-state index in [1.807, 2.05) is 0 Å². The van der Waals surface area contributed by atoms with Gasteiger partial charge in [0.2, 0.25) is 6.41 Å². The molecule has 0 saturated heterocycles. The lowest BCUT2D eigenvalue weighted by molar-refractivity contribution is -0.116. The maximum atomic E-state index is 10.1. The minimum Gasteiger partial charge on any atom is -0.348 e. The molecular weight excluding hydrogens is 146 g/mol. The van der Waals surface area contributed by atoms with E-state index in [9.17, 15) is 4.79 Å². The number of rotatable bonds is 4. The van der Waals surface area contributed by atoms with Gasteiger partial charge in [0, 0.05) is 20.0 Å². The second-order valence-corrected chi connectivity index (χ2v) is 2.06. The van der Waals surface area contributed by atoms with E-state index in [1.165, 1.54) is 4.90 Å². The maximum Gasteiger partial charge on any atom is 0.209 e. The number of hydrazine groups is 1. The van der Waals surface area contributed by atoms with Crippen LogP contribution in [0.4, 0.5) is 0 Å². The van der Waals surface area contributed by atoms with Gasteiger partial charge in [0.1, 0.15) is 5.84 Å². The molecule has 6 heteroatoms. The van der Waals surface area contributed by atoms with Crippen LogP contribution in [0.5, 0.6) is 0 Å². The molecule has 11 heavy (non-hydrogen) atoms. The van der Waals surface area contributed by atoms with E-state index in [2.05, 4.69) is 10.5 Å². The van der Waals surface area contributed by atoms with Gasteiger partial charge in [-0.25, -0.2) is 5.84 Å². The third kappa shape index (κ3) is 4.15. The van der Waals surface area contributed by atoms with E-state index >= 15 is 0 Å². The number of nitrogens with zero attached hydrogens (tertiary/aromatic N) is 2. The first-order valence-corrected chi connectivity index (χ1v) is 3.13. The Bertz CT molecular complexity index is 146. The first-order valence-electron chi connectivity index (χ1n) is 3.13. The molecule has 0 atom stereocenters. The molecule has 0 spiro atoms. The van der Waals surface area contributed by atoms with Crippen LogP contribution >= 0.6 is 0 Å². The maximum absolute atomic E-state index is 10.1. The van der Waals surface area contributed by atoms with Crippen molar-refractivity contribution in [1.29, 1.82) is 0 Å². The Morgan fingerprint density at radius 3 is 2.82 bits per heavy atom. The summed E-state index contributed by atoms with van der Waals surface area (Å²) in [6.07, 6.45) is 1.26. The van der Waals surface area contributed by atoms with Gasteiger partial charge in [-0.2, -0.15) is 5.10 Å². The standard InChI is InChI=1S/C5H13N5O/c1-10(4-11)3-2-5(8-6)9-7/h4H,2-3,6-7H2,1H3,(H,8,9). The molecule has 0 unspecified atom stereocenters. The van der Waals surface area contributed by atoms with Crippen molar-refractivity contribution < 1.29 is 4.79 Å². The molecule has 0 heterocycles. The second-order valence-electron chi connectivity index (χ2n) is 2.06. The quantitative estimate of drug-likeness (QED) is 0.148. The van der Waals surface area contributed by atoms with E-state index in [0.29, 0.717) is 18.8 Å². The molecule has 0 radical (unpaired) electrons. The largest absolute Gasteiger partial charge is 0.348 e. The van der Waals surface area contributed by atoms with Crippen LogP contribution in [0.25, 0.3) is 0 Å². The molecule has 0 aromatic rings. The Hall–Kier alpha value is -1.30. The summed E-state index contributed by atoms with van der Waals surface area (Å²) in [7, 11) is 1.66. The molecule has 5 N–H and O–H groups in total. The summed E-state index contributed by atoms with van der Waals surface area (Å²) >= 11 is 0. The number of amidine groups is 1. The summed E-state index contributed by atoms with van der Waals surface area (Å²) in [6.45, 7) is 0.545. The van der Waals surface area contributed by atoms with Gasteiger partial charge in [-0.05, 0) is 0 Å². The normalized spacial score (nSPS) is 10.9. The van der Waals surface area contributed by atoms with Gasteiger partial charge in [-0.3, -0.25) is 4.79 Å². The van der Waals surface area contributed by atoms with E-state index in [4.69, 9.17) is 11.7 Å². The van der Waals surface area contributed by atoms with Crippen LogP contribution in [-0.4, -0.2) is 30.7 Å². The monoisotopic (exact) mass is 159 g/mol. The second kappa shape index (κ2) is 5.48. The van der Waals surface area contributed by atoms with Crippen LogP contribution in [0.3, 0.4) is 0 Å². The first kappa shape index (κ1) is 9.70. The lowest BCUT2D eigenvalue weighted by atomic mass is 10.4. The van der Waals surface area contributed by atoms with Gasteiger partial charge in [-0.1, -0.05) is 0 Å². The SMILES string of the molecule is CN(C=O)CC/C(=N/N)NN. The number of hydrogen-bond acceptors (Lipinski definition) is 4. The van der Waals surface area contributed by atoms with Crippen molar-refractivity contribution in [2.75, 3.05) is 13.6 Å². The van der Waals surface area contributed by atoms with Gasteiger partial charge < -0.3 is 16.2 Å². The van der Waals surface area contributed by atoms with Crippen LogP contribution in [0, 0.1) is 0 Å². The lowest BCUT2D eigenvalue weighted by Crippen LogP contribution is -2.34. The summed E-state index contributed by atoms with van der Waals surface area (Å²) in [6, 6.07) is 0. The Kier molecular flexibility index (Phi) is 4.83. The summed E-state index contributed by atoms with van der Waals surface area (Å²) in [5.41, 5.74) is 2.31. The molecular formula is C5H13N5O. The van der Waals surface area contributed by atoms with E-state index in [1.54, 1.807) is 7.05 Å². The summed E-state index contributed by atoms with van der Waals surface area (Å²) < 4.78 is 0. The van der Waals surface area contributed by atoms with E-state index in [0.717, 1.165) is 6.41 Å². The molecule has 64 valence electrons. The highest BCUT2D eigenvalue weighted by molar-refractivity contribution is 5.81. The highest BCUT2D eigenvalue weighted by Gasteiger charge is 1.97. The molecule has 1 amide bonds. The molecule has 0 aromatic carbocycles. The minimum absolute atomic E-state index is 0.471. The Morgan fingerprint density at radius 1 is 1.82 bits per heavy atom. The van der Waals surface area contributed by atoms with Crippen molar-refractivity contribution in [2.45, 2.75) is 6.42 Å². The molecule has 6 nitrogen and oxygen atoms in total. The summed E-state index contributed by atoms with van der Waals surface area (Å²) in [5.74, 6) is 10.5. The first-order chi connectivity index (χ1) is 5.24. The zero-order valence-electron chi connectivity index (χ0n) is 6.45. The third-order valence-electron chi connectivity index (χ3n) is 1.20.